The maximum atomic E-state index is 13.7. The molecular formula is C18H19N7O2. The van der Waals surface area contributed by atoms with E-state index in [1.165, 1.54) is 15.8 Å². The zero-order valence-electron chi connectivity index (χ0n) is 14.8. The van der Waals surface area contributed by atoms with Crippen LogP contribution in [0.2, 0.25) is 0 Å². The number of aromatic nitrogens is 6. The normalized spacial score (nSPS) is 22.5. The van der Waals surface area contributed by atoms with Crippen LogP contribution in [0.15, 0.2) is 42.9 Å². The van der Waals surface area contributed by atoms with E-state index >= 15 is 0 Å². The van der Waals surface area contributed by atoms with Crippen LogP contribution in [0.25, 0.3) is 5.69 Å². The van der Waals surface area contributed by atoms with Crippen LogP contribution in [0.1, 0.15) is 40.6 Å². The summed E-state index contributed by atoms with van der Waals surface area (Å²) in [6.07, 6.45) is 6.47. The molecule has 2 aromatic heterocycles. The second-order valence-corrected chi connectivity index (χ2v) is 6.69. The van der Waals surface area contributed by atoms with E-state index in [9.17, 15) is 9.59 Å². The van der Waals surface area contributed by atoms with Gasteiger partial charge in [0, 0.05) is 18.2 Å². The lowest BCUT2D eigenvalue weighted by Crippen LogP contribution is -2.56. The first-order valence-corrected chi connectivity index (χ1v) is 8.76. The molecule has 0 aliphatic carbocycles. The van der Waals surface area contributed by atoms with Crippen molar-refractivity contribution in [2.24, 2.45) is 0 Å². The number of para-hydroxylation sites is 1. The number of hydrogen-bond acceptors (Lipinski definition) is 7. The van der Waals surface area contributed by atoms with Gasteiger partial charge in [-0.25, -0.2) is 0 Å². The Labute approximate surface area is 155 Å². The Balaban J connectivity index is 1.82. The SMILES string of the molecule is C[C@@H]1CC[C@@](C(=O)c2ccccc2-n2nccn2)(n2ncc(C=O)n2)CN1. The van der Waals surface area contributed by atoms with Gasteiger partial charge in [-0.3, -0.25) is 9.59 Å². The first-order valence-electron chi connectivity index (χ1n) is 8.76. The number of hydrogen-bond donors (Lipinski definition) is 1. The highest BCUT2D eigenvalue weighted by atomic mass is 16.1. The lowest BCUT2D eigenvalue weighted by molar-refractivity contribution is 0.0673. The van der Waals surface area contributed by atoms with Crippen LogP contribution in [0.4, 0.5) is 0 Å². The third-order valence-electron chi connectivity index (χ3n) is 4.95. The van der Waals surface area contributed by atoms with Crippen molar-refractivity contribution < 1.29 is 9.59 Å². The third kappa shape index (κ3) is 2.95. The molecule has 1 N–H and O–H groups in total. The lowest BCUT2D eigenvalue weighted by Gasteiger charge is -2.38. The molecular weight excluding hydrogens is 346 g/mol. The minimum Gasteiger partial charge on any atom is -0.311 e. The van der Waals surface area contributed by atoms with Gasteiger partial charge in [-0.15, -0.1) is 5.10 Å². The first kappa shape index (κ1) is 17.2. The minimum absolute atomic E-state index is 0.136. The van der Waals surface area contributed by atoms with Crippen molar-refractivity contribution in [3.8, 4) is 5.69 Å². The van der Waals surface area contributed by atoms with Crippen LogP contribution in [0.3, 0.4) is 0 Å². The monoisotopic (exact) mass is 365 g/mol. The number of nitrogens with one attached hydrogen (secondary N) is 1. The van der Waals surface area contributed by atoms with E-state index in [-0.39, 0.29) is 17.5 Å². The van der Waals surface area contributed by atoms with E-state index in [1.807, 2.05) is 6.07 Å². The fourth-order valence-corrected chi connectivity index (χ4v) is 3.41. The molecule has 1 aliphatic rings. The molecule has 0 amide bonds. The summed E-state index contributed by atoms with van der Waals surface area (Å²) in [5, 5.41) is 20.1. The summed E-state index contributed by atoms with van der Waals surface area (Å²) in [5.41, 5.74) is 0.253. The summed E-state index contributed by atoms with van der Waals surface area (Å²) < 4.78 is 0. The van der Waals surface area contributed by atoms with Crippen LogP contribution in [0, 0.1) is 0 Å². The molecule has 0 spiro atoms. The molecule has 3 heterocycles. The average Bonchev–Trinajstić information content (AvgIpc) is 3.40. The molecule has 0 radical (unpaired) electrons. The molecule has 1 aliphatic heterocycles. The van der Waals surface area contributed by atoms with Gasteiger partial charge in [0.2, 0.25) is 0 Å². The van der Waals surface area contributed by atoms with Gasteiger partial charge in [0.1, 0.15) is 5.69 Å². The van der Waals surface area contributed by atoms with Crippen LogP contribution in [-0.4, -0.2) is 54.6 Å². The van der Waals surface area contributed by atoms with E-state index in [2.05, 4.69) is 32.6 Å². The van der Waals surface area contributed by atoms with Gasteiger partial charge in [-0.2, -0.15) is 24.9 Å². The highest BCUT2D eigenvalue weighted by molar-refractivity contribution is 6.04. The van der Waals surface area contributed by atoms with Crippen molar-refractivity contribution >= 4 is 12.1 Å². The Morgan fingerprint density at radius 2 is 2.04 bits per heavy atom. The second kappa shape index (κ2) is 6.84. The van der Waals surface area contributed by atoms with Crippen LogP contribution in [-0.2, 0) is 5.54 Å². The Hall–Kier alpha value is -3.20. The zero-order chi connectivity index (χ0) is 18.9. The van der Waals surface area contributed by atoms with Gasteiger partial charge in [0.25, 0.3) is 0 Å². The summed E-state index contributed by atoms with van der Waals surface area (Å²) in [6.45, 7) is 2.45. The van der Waals surface area contributed by atoms with Gasteiger partial charge < -0.3 is 5.32 Å². The Kier molecular flexibility index (Phi) is 4.36. The fourth-order valence-electron chi connectivity index (χ4n) is 3.41. The molecule has 27 heavy (non-hydrogen) atoms. The lowest BCUT2D eigenvalue weighted by atomic mass is 9.81. The zero-order valence-corrected chi connectivity index (χ0v) is 14.8. The predicted octanol–water partition coefficient (Wildman–Crippen LogP) is 1.02. The van der Waals surface area contributed by atoms with E-state index in [4.69, 9.17) is 0 Å². The number of ketones is 1. The highest BCUT2D eigenvalue weighted by Crippen LogP contribution is 2.31. The maximum Gasteiger partial charge on any atom is 0.195 e. The summed E-state index contributed by atoms with van der Waals surface area (Å²) in [4.78, 5) is 27.6. The fraction of sp³-hybridized carbons (Fsp3) is 0.333. The average molecular weight is 365 g/mol. The summed E-state index contributed by atoms with van der Waals surface area (Å²) in [7, 11) is 0. The second-order valence-electron chi connectivity index (χ2n) is 6.69. The topological polar surface area (TPSA) is 108 Å². The number of nitrogens with zero attached hydrogens (tertiary/aromatic N) is 6. The van der Waals surface area contributed by atoms with Crippen LogP contribution >= 0.6 is 0 Å². The molecule has 3 aromatic rings. The number of piperidine rings is 1. The van der Waals surface area contributed by atoms with Crippen molar-refractivity contribution in [3.63, 3.8) is 0 Å². The third-order valence-corrected chi connectivity index (χ3v) is 4.95. The van der Waals surface area contributed by atoms with Gasteiger partial charge in [0.15, 0.2) is 17.6 Å². The predicted molar refractivity (Wildman–Crippen MR) is 95.8 cm³/mol. The van der Waals surface area contributed by atoms with E-state index in [0.717, 1.165) is 6.42 Å². The van der Waals surface area contributed by atoms with Gasteiger partial charge in [-0.05, 0) is 31.9 Å². The minimum atomic E-state index is -1.02. The number of aldehydes is 1. The maximum absolute atomic E-state index is 13.7. The van der Waals surface area contributed by atoms with Crippen molar-refractivity contribution in [1.82, 2.24) is 35.3 Å². The smallest absolute Gasteiger partial charge is 0.195 e. The summed E-state index contributed by atoms with van der Waals surface area (Å²) >= 11 is 0. The standard InChI is InChI=1S/C18H19N7O2/c1-13-6-7-18(12-19-13,25-22-10-14(11-26)23-25)17(27)15-4-2-3-5-16(15)24-20-8-9-21-24/h2-5,8-11,13,19H,6-7,12H2,1H3/t13-,18-/m1/s1. The first-order chi connectivity index (χ1) is 13.1. The number of carbonyl (C=O) groups excluding carboxylic acids is 2. The molecule has 9 heteroatoms. The number of Topliss-reactive ketones (excluding diaryl/α,β-unsaturated/α-hetero) is 1. The van der Waals surface area contributed by atoms with Gasteiger partial charge >= 0.3 is 0 Å². The number of rotatable bonds is 5. The van der Waals surface area contributed by atoms with E-state index < -0.39 is 5.54 Å². The Bertz CT molecular complexity index is 956. The van der Waals surface area contributed by atoms with Crippen LogP contribution < -0.4 is 5.32 Å². The van der Waals surface area contributed by atoms with Crippen LogP contribution in [0.5, 0.6) is 0 Å². The molecule has 2 atom stereocenters. The highest BCUT2D eigenvalue weighted by Gasteiger charge is 2.46. The van der Waals surface area contributed by atoms with Gasteiger partial charge in [0.05, 0.1) is 24.3 Å². The molecule has 9 nitrogen and oxygen atoms in total. The summed E-state index contributed by atoms with van der Waals surface area (Å²) in [6, 6.07) is 7.48. The van der Waals surface area contributed by atoms with Crippen molar-refractivity contribution in [2.75, 3.05) is 6.54 Å². The Morgan fingerprint density at radius 1 is 1.26 bits per heavy atom. The molecule has 1 saturated heterocycles. The molecule has 1 fully saturated rings. The quantitative estimate of drug-likeness (QED) is 0.531. The molecule has 4 rings (SSSR count). The summed E-state index contributed by atoms with van der Waals surface area (Å²) in [5.74, 6) is -0.136. The van der Waals surface area contributed by atoms with Crippen molar-refractivity contribution in [1.29, 1.82) is 0 Å². The molecule has 0 unspecified atom stereocenters. The molecule has 0 saturated carbocycles. The Morgan fingerprint density at radius 3 is 2.70 bits per heavy atom. The van der Waals surface area contributed by atoms with Crippen molar-refractivity contribution in [2.45, 2.75) is 31.3 Å². The van der Waals surface area contributed by atoms with Crippen molar-refractivity contribution in [3.05, 3.63) is 54.1 Å². The van der Waals surface area contributed by atoms with E-state index in [0.29, 0.717) is 30.5 Å². The molecule has 138 valence electrons. The largest absolute Gasteiger partial charge is 0.311 e. The molecule has 1 aromatic carbocycles. The molecule has 0 bridgehead atoms. The van der Waals surface area contributed by atoms with Gasteiger partial charge in [-0.1, -0.05) is 12.1 Å². The number of benzene rings is 1. The number of carbonyl (C=O) groups is 2. The van der Waals surface area contributed by atoms with E-state index in [1.54, 1.807) is 30.6 Å².